The summed E-state index contributed by atoms with van der Waals surface area (Å²) in [5, 5.41) is 27.0. The van der Waals surface area contributed by atoms with Gasteiger partial charge in [0.25, 0.3) is 0 Å². The van der Waals surface area contributed by atoms with Crippen LogP contribution < -0.4 is 0 Å². The zero-order chi connectivity index (χ0) is 24.7. The molecule has 1 aliphatic rings. The first kappa shape index (κ1) is 25.8. The van der Waals surface area contributed by atoms with Crippen molar-refractivity contribution in [2.75, 3.05) is 26.7 Å². The summed E-state index contributed by atoms with van der Waals surface area (Å²) in [6.45, 7) is 6.50. The number of carboxylic acids is 1. The predicted molar refractivity (Wildman–Crippen MR) is 125 cm³/mol. The van der Waals surface area contributed by atoms with Gasteiger partial charge in [-0.05, 0) is 38.1 Å². The van der Waals surface area contributed by atoms with Crippen molar-refractivity contribution in [3.63, 3.8) is 0 Å². The Morgan fingerprint density at radius 3 is 2.74 bits per heavy atom. The summed E-state index contributed by atoms with van der Waals surface area (Å²) in [5.74, 6) is -0.917. The highest BCUT2D eigenvalue weighted by Crippen LogP contribution is 2.19. The smallest absolute Gasteiger partial charge is 0.335 e. The molecule has 10 nitrogen and oxygen atoms in total. The molecule has 2 aromatic rings. The van der Waals surface area contributed by atoms with Gasteiger partial charge in [0.05, 0.1) is 42.8 Å². The highest BCUT2D eigenvalue weighted by Gasteiger charge is 2.28. The number of hydrogen-bond donors (Lipinski definition) is 2. The molecule has 186 valence electrons. The van der Waals surface area contributed by atoms with E-state index in [2.05, 4.69) is 22.1 Å². The summed E-state index contributed by atoms with van der Waals surface area (Å²) in [4.78, 5) is 27.9. The van der Waals surface area contributed by atoms with Crippen LogP contribution >= 0.6 is 0 Å². The molecule has 1 aromatic heterocycles. The van der Waals surface area contributed by atoms with Crippen LogP contribution in [0.5, 0.6) is 0 Å². The maximum Gasteiger partial charge on any atom is 0.335 e. The van der Waals surface area contributed by atoms with Gasteiger partial charge in [0, 0.05) is 38.5 Å². The van der Waals surface area contributed by atoms with Gasteiger partial charge in [0.2, 0.25) is 5.91 Å². The van der Waals surface area contributed by atoms with Crippen molar-refractivity contribution in [1.29, 1.82) is 0 Å². The second-order valence-corrected chi connectivity index (χ2v) is 9.16. The van der Waals surface area contributed by atoms with E-state index in [1.165, 1.54) is 0 Å². The van der Waals surface area contributed by atoms with Gasteiger partial charge in [0.1, 0.15) is 0 Å². The second kappa shape index (κ2) is 12.0. The van der Waals surface area contributed by atoms with E-state index in [-0.39, 0.29) is 36.1 Å². The maximum atomic E-state index is 12.9. The fraction of sp³-hybridized carbons (Fsp3) is 0.583. The fourth-order valence-electron chi connectivity index (χ4n) is 4.18. The van der Waals surface area contributed by atoms with Gasteiger partial charge in [-0.3, -0.25) is 9.69 Å². The van der Waals surface area contributed by atoms with E-state index in [0.717, 1.165) is 11.3 Å². The average Bonchev–Trinajstić information content (AvgIpc) is 3.26. The minimum absolute atomic E-state index is 0.0125. The van der Waals surface area contributed by atoms with Crippen molar-refractivity contribution < 1.29 is 24.5 Å². The summed E-state index contributed by atoms with van der Waals surface area (Å²) in [6.07, 6.45) is 2.54. The quantitative estimate of drug-likeness (QED) is 0.623. The fourth-order valence-corrected chi connectivity index (χ4v) is 4.18. The number of carboxylic acid groups (broad SMARTS) is 1. The van der Waals surface area contributed by atoms with E-state index < -0.39 is 5.97 Å². The number of aliphatic hydroxyl groups excluding tert-OH is 1. The lowest BCUT2D eigenvalue weighted by Gasteiger charge is -2.35. The van der Waals surface area contributed by atoms with Crippen LogP contribution in [-0.4, -0.2) is 85.8 Å². The molecule has 1 aliphatic heterocycles. The molecule has 3 rings (SSSR count). The number of rotatable bonds is 7. The van der Waals surface area contributed by atoms with Gasteiger partial charge in [-0.15, -0.1) is 5.10 Å². The second-order valence-electron chi connectivity index (χ2n) is 9.16. The number of benzene rings is 1. The van der Waals surface area contributed by atoms with E-state index in [1.54, 1.807) is 27.9 Å². The molecule has 0 spiro atoms. The Morgan fingerprint density at radius 1 is 1.32 bits per heavy atom. The lowest BCUT2D eigenvalue weighted by Crippen LogP contribution is -2.47. The number of amides is 1. The molecule has 0 fully saturated rings. The van der Waals surface area contributed by atoms with Crippen LogP contribution in [0, 0.1) is 5.92 Å². The van der Waals surface area contributed by atoms with Gasteiger partial charge in [0.15, 0.2) is 0 Å². The third kappa shape index (κ3) is 6.85. The largest absolute Gasteiger partial charge is 0.478 e. The number of carbonyl (C=O) groups is 2. The Labute approximate surface area is 200 Å². The van der Waals surface area contributed by atoms with Crippen LogP contribution in [0.4, 0.5) is 0 Å². The minimum Gasteiger partial charge on any atom is -0.478 e. The number of nitrogens with zero attached hydrogens (tertiary/aromatic N) is 5. The highest BCUT2D eigenvalue weighted by molar-refractivity contribution is 5.87. The monoisotopic (exact) mass is 473 g/mol. The Hall–Kier alpha value is -2.82. The summed E-state index contributed by atoms with van der Waals surface area (Å²) in [7, 11) is 1.99. The zero-order valence-corrected chi connectivity index (χ0v) is 20.1. The third-order valence-electron chi connectivity index (χ3n) is 6.28. The van der Waals surface area contributed by atoms with Crippen molar-refractivity contribution in [1.82, 2.24) is 24.8 Å². The van der Waals surface area contributed by atoms with Gasteiger partial charge in [-0.2, -0.15) is 0 Å². The minimum atomic E-state index is -0.944. The first-order chi connectivity index (χ1) is 16.3. The number of ether oxygens (including phenoxy) is 1. The van der Waals surface area contributed by atoms with E-state index in [1.807, 2.05) is 26.1 Å². The lowest BCUT2D eigenvalue weighted by atomic mass is 10.0. The van der Waals surface area contributed by atoms with Crippen molar-refractivity contribution in [2.24, 2.45) is 5.92 Å². The first-order valence-corrected chi connectivity index (χ1v) is 11.7. The molecule has 1 aromatic carbocycles. The Morgan fingerprint density at radius 2 is 2.06 bits per heavy atom. The Balaban J connectivity index is 1.75. The van der Waals surface area contributed by atoms with Gasteiger partial charge < -0.3 is 19.8 Å². The number of aliphatic hydroxyl groups is 1. The number of aromatic carboxylic acids is 1. The normalized spacial score (nSPS) is 21.0. The molecule has 2 heterocycles. The molecule has 3 atom stereocenters. The highest BCUT2D eigenvalue weighted by atomic mass is 16.5. The van der Waals surface area contributed by atoms with E-state index in [0.29, 0.717) is 45.6 Å². The number of likely N-dealkylation sites (N-methyl/N-ethyl adjacent to an activating group) is 1. The molecule has 34 heavy (non-hydrogen) atoms. The van der Waals surface area contributed by atoms with Crippen molar-refractivity contribution >= 4 is 11.9 Å². The van der Waals surface area contributed by atoms with E-state index in [4.69, 9.17) is 9.84 Å². The Bertz CT molecular complexity index is 947. The molecule has 0 radical (unpaired) electrons. The van der Waals surface area contributed by atoms with Gasteiger partial charge in [-0.25, -0.2) is 9.48 Å². The van der Waals surface area contributed by atoms with Gasteiger partial charge >= 0.3 is 5.97 Å². The number of aromatic nitrogens is 3. The summed E-state index contributed by atoms with van der Waals surface area (Å²) in [6, 6.07) is 6.58. The molecule has 0 unspecified atom stereocenters. The van der Waals surface area contributed by atoms with Crippen molar-refractivity contribution in [2.45, 2.75) is 58.5 Å². The van der Waals surface area contributed by atoms with Crippen LogP contribution in [0.2, 0.25) is 0 Å². The van der Waals surface area contributed by atoms with Crippen molar-refractivity contribution in [3.8, 4) is 0 Å². The standard InChI is InChI=1S/C24H35N5O5/c1-17-12-28(18(2)15-30)23(31)5-4-10-29-21(11-25-26-29)16-34-22(17)14-27(3)13-19-6-8-20(9-7-19)24(32)33/h6-9,11,17-18,22,30H,4-5,10,12-16H2,1-3H3,(H,32,33)/t17-,18+,22-/m1/s1. The van der Waals surface area contributed by atoms with Crippen LogP contribution in [0.3, 0.4) is 0 Å². The SMILES string of the molecule is C[C@@H]1CN([C@@H](C)CO)C(=O)CCCn2nncc2CO[C@@H]1CN(C)Cc1ccc(C(=O)O)cc1. The third-order valence-corrected chi connectivity index (χ3v) is 6.28. The molecule has 1 amide bonds. The molecular weight excluding hydrogens is 438 g/mol. The van der Waals surface area contributed by atoms with Gasteiger partial charge in [-0.1, -0.05) is 24.3 Å². The van der Waals surface area contributed by atoms with Crippen molar-refractivity contribution in [3.05, 3.63) is 47.3 Å². The van der Waals surface area contributed by atoms with Crippen LogP contribution in [0.1, 0.15) is 48.3 Å². The number of fused-ring (bicyclic) bond motifs is 1. The molecule has 0 bridgehead atoms. The average molecular weight is 474 g/mol. The number of hydrogen-bond acceptors (Lipinski definition) is 7. The summed E-state index contributed by atoms with van der Waals surface area (Å²) < 4.78 is 8.13. The first-order valence-electron chi connectivity index (χ1n) is 11.7. The maximum absolute atomic E-state index is 12.9. The van der Waals surface area contributed by atoms with E-state index in [9.17, 15) is 14.7 Å². The lowest BCUT2D eigenvalue weighted by molar-refractivity contribution is -0.136. The molecule has 0 saturated heterocycles. The Kier molecular flexibility index (Phi) is 9.14. The predicted octanol–water partition coefficient (Wildman–Crippen LogP) is 1.63. The van der Waals surface area contributed by atoms with Crippen LogP contribution in [-0.2, 0) is 29.2 Å². The molecule has 10 heteroatoms. The van der Waals surface area contributed by atoms with Crippen LogP contribution in [0.25, 0.3) is 0 Å². The zero-order valence-electron chi connectivity index (χ0n) is 20.1. The molecule has 2 N–H and O–H groups in total. The summed E-state index contributed by atoms with van der Waals surface area (Å²) in [5.41, 5.74) is 2.13. The molecule has 0 aliphatic carbocycles. The number of carbonyl (C=O) groups excluding carboxylic acids is 1. The van der Waals surface area contributed by atoms with Crippen LogP contribution in [0.15, 0.2) is 30.5 Å². The molecular formula is C24H35N5O5. The van der Waals surface area contributed by atoms with E-state index >= 15 is 0 Å². The topological polar surface area (TPSA) is 121 Å². The number of aryl methyl sites for hydroxylation is 1. The molecule has 0 saturated carbocycles. The summed E-state index contributed by atoms with van der Waals surface area (Å²) >= 11 is 0.